The molecule has 0 aromatic rings. The smallest absolute Gasteiger partial charge is 0.220 e. The normalized spacial score (nSPS) is 13.3. The third kappa shape index (κ3) is 32.3. The number of carbonyl (C=O) groups excluding carboxylic acids is 1. The molecule has 0 aromatic heterocycles. The number of allylic oxidation sites excluding steroid dienone is 3. The van der Waals surface area contributed by atoms with Gasteiger partial charge in [-0.2, -0.15) is 0 Å². The van der Waals surface area contributed by atoms with Crippen LogP contribution in [0.25, 0.3) is 0 Å². The summed E-state index contributed by atoms with van der Waals surface area (Å²) in [7, 11) is 0. The van der Waals surface area contributed by atoms with Crippen LogP contribution in [0.2, 0.25) is 0 Å². The van der Waals surface area contributed by atoms with Crippen LogP contribution in [-0.4, -0.2) is 34.9 Å². The summed E-state index contributed by atoms with van der Waals surface area (Å²) in [4.78, 5) is 12.2. The number of unbranched alkanes of at least 4 members (excludes halogenated alkanes) is 26. The van der Waals surface area contributed by atoms with E-state index in [1.807, 2.05) is 6.08 Å². The molecule has 2 unspecified atom stereocenters. The second kappa shape index (κ2) is 36.3. The van der Waals surface area contributed by atoms with Crippen LogP contribution in [0, 0.1) is 0 Å². The Bertz CT molecular complexity index is 632. The zero-order valence-corrected chi connectivity index (χ0v) is 29.7. The molecule has 0 aliphatic carbocycles. The highest BCUT2D eigenvalue weighted by molar-refractivity contribution is 5.76. The fourth-order valence-corrected chi connectivity index (χ4v) is 5.90. The van der Waals surface area contributed by atoms with Crippen LogP contribution in [0.4, 0.5) is 0 Å². The Labute approximate surface area is 275 Å². The lowest BCUT2D eigenvalue weighted by Gasteiger charge is -2.19. The van der Waals surface area contributed by atoms with Crippen molar-refractivity contribution in [1.29, 1.82) is 0 Å². The third-order valence-corrected chi connectivity index (χ3v) is 8.94. The molecule has 0 bridgehead atoms. The fourth-order valence-electron chi connectivity index (χ4n) is 5.90. The maximum absolute atomic E-state index is 12.2. The van der Waals surface area contributed by atoms with E-state index in [1.165, 1.54) is 154 Å². The number of nitrogens with one attached hydrogen (secondary N) is 1. The predicted molar refractivity (Wildman–Crippen MR) is 193 cm³/mol. The summed E-state index contributed by atoms with van der Waals surface area (Å²) in [6.07, 6.45) is 45.8. The lowest BCUT2D eigenvalue weighted by molar-refractivity contribution is -0.123. The molecule has 0 spiro atoms. The van der Waals surface area contributed by atoms with E-state index in [4.69, 9.17) is 0 Å². The zero-order valence-electron chi connectivity index (χ0n) is 29.7. The van der Waals surface area contributed by atoms with E-state index in [0.29, 0.717) is 6.42 Å². The number of hydrogen-bond acceptors (Lipinski definition) is 3. The number of aliphatic hydroxyl groups is 2. The summed E-state index contributed by atoms with van der Waals surface area (Å²) in [5.74, 6) is -0.0787. The van der Waals surface area contributed by atoms with E-state index in [0.717, 1.165) is 32.1 Å². The van der Waals surface area contributed by atoms with Crippen LogP contribution in [0.3, 0.4) is 0 Å². The third-order valence-electron chi connectivity index (χ3n) is 8.94. The van der Waals surface area contributed by atoms with Gasteiger partial charge in [0.15, 0.2) is 0 Å². The van der Waals surface area contributed by atoms with Crippen molar-refractivity contribution in [3.63, 3.8) is 0 Å². The van der Waals surface area contributed by atoms with Gasteiger partial charge in [-0.15, -0.1) is 0 Å². The van der Waals surface area contributed by atoms with Gasteiger partial charge in [0.1, 0.15) is 0 Å². The standard InChI is InChI=1S/C40H77NO3/c1-3-5-7-9-11-13-14-15-16-17-18-19-20-21-22-23-24-25-26-27-28-29-31-33-35-39(43)38(37-42)41-40(44)36-34-32-30-12-10-8-6-4-2/h27-28,33,35,38-39,42-43H,3-26,29-32,34,36-37H2,1-2H3,(H,41,44)/b28-27+,35-33+. The fraction of sp³-hybridized carbons (Fsp3) is 0.875. The highest BCUT2D eigenvalue weighted by Gasteiger charge is 2.17. The van der Waals surface area contributed by atoms with Crippen molar-refractivity contribution in [2.75, 3.05) is 6.61 Å². The van der Waals surface area contributed by atoms with Gasteiger partial charge < -0.3 is 15.5 Å². The van der Waals surface area contributed by atoms with Gasteiger partial charge in [0.2, 0.25) is 5.91 Å². The molecule has 0 fully saturated rings. The predicted octanol–water partition coefficient (Wildman–Crippen LogP) is 11.7. The molecule has 2 atom stereocenters. The summed E-state index contributed by atoms with van der Waals surface area (Å²) in [5, 5.41) is 22.8. The zero-order chi connectivity index (χ0) is 32.2. The minimum absolute atomic E-state index is 0.0787. The second-order valence-corrected chi connectivity index (χ2v) is 13.3. The first-order valence-electron chi connectivity index (χ1n) is 19.6. The van der Waals surface area contributed by atoms with Gasteiger partial charge in [0, 0.05) is 6.42 Å². The molecule has 260 valence electrons. The van der Waals surface area contributed by atoms with Crippen molar-refractivity contribution >= 4 is 5.91 Å². The molecule has 4 nitrogen and oxygen atoms in total. The molecule has 4 heteroatoms. The number of hydrogen-bond donors (Lipinski definition) is 3. The van der Waals surface area contributed by atoms with E-state index in [9.17, 15) is 15.0 Å². The van der Waals surface area contributed by atoms with Gasteiger partial charge in [-0.3, -0.25) is 4.79 Å². The Morgan fingerprint density at radius 2 is 0.886 bits per heavy atom. The monoisotopic (exact) mass is 620 g/mol. The average molecular weight is 620 g/mol. The summed E-state index contributed by atoms with van der Waals surface area (Å²) in [5.41, 5.74) is 0. The van der Waals surface area contributed by atoms with E-state index in [-0.39, 0.29) is 12.5 Å². The van der Waals surface area contributed by atoms with E-state index in [1.54, 1.807) is 6.08 Å². The number of rotatable bonds is 35. The van der Waals surface area contributed by atoms with Crippen molar-refractivity contribution in [2.24, 2.45) is 0 Å². The van der Waals surface area contributed by atoms with Crippen LogP contribution >= 0.6 is 0 Å². The van der Waals surface area contributed by atoms with E-state index < -0.39 is 12.1 Å². The highest BCUT2D eigenvalue weighted by Crippen LogP contribution is 2.15. The Morgan fingerprint density at radius 3 is 1.32 bits per heavy atom. The molecule has 0 heterocycles. The van der Waals surface area contributed by atoms with Crippen molar-refractivity contribution in [1.82, 2.24) is 5.32 Å². The maximum Gasteiger partial charge on any atom is 0.220 e. The molecule has 0 saturated carbocycles. The van der Waals surface area contributed by atoms with Crippen molar-refractivity contribution in [3.05, 3.63) is 24.3 Å². The van der Waals surface area contributed by atoms with E-state index in [2.05, 4.69) is 31.3 Å². The molecule has 0 saturated heterocycles. The average Bonchev–Trinajstić information content (AvgIpc) is 3.03. The molecule has 0 aromatic carbocycles. The van der Waals surface area contributed by atoms with Crippen molar-refractivity contribution in [3.8, 4) is 0 Å². The summed E-state index contributed by atoms with van der Waals surface area (Å²) < 4.78 is 0. The number of aliphatic hydroxyl groups excluding tert-OH is 2. The SMILES string of the molecule is CCCCCCCCCCCCCCCCCCCC/C=C/CC/C=C/C(O)C(CO)NC(=O)CCCCCCCCCC. The largest absolute Gasteiger partial charge is 0.394 e. The Kier molecular flexibility index (Phi) is 35.4. The minimum atomic E-state index is -0.855. The lowest BCUT2D eigenvalue weighted by atomic mass is 10.0. The molecular formula is C40H77NO3. The summed E-state index contributed by atoms with van der Waals surface area (Å²) in [6, 6.07) is -0.632. The number of carbonyl (C=O) groups is 1. The Hall–Kier alpha value is -1.13. The quantitative estimate of drug-likeness (QED) is 0.0488. The first kappa shape index (κ1) is 42.9. The van der Waals surface area contributed by atoms with Crippen LogP contribution in [0.15, 0.2) is 24.3 Å². The molecule has 3 N–H and O–H groups in total. The first-order chi connectivity index (χ1) is 21.7. The first-order valence-corrected chi connectivity index (χ1v) is 19.6. The van der Waals surface area contributed by atoms with Crippen molar-refractivity contribution in [2.45, 2.75) is 219 Å². The molecule has 44 heavy (non-hydrogen) atoms. The molecule has 0 rings (SSSR count). The van der Waals surface area contributed by atoms with E-state index >= 15 is 0 Å². The van der Waals surface area contributed by atoms with Gasteiger partial charge in [0.25, 0.3) is 0 Å². The second-order valence-electron chi connectivity index (χ2n) is 13.3. The van der Waals surface area contributed by atoms with Crippen molar-refractivity contribution < 1.29 is 15.0 Å². The molecule has 0 radical (unpaired) electrons. The topological polar surface area (TPSA) is 69.6 Å². The lowest BCUT2D eigenvalue weighted by Crippen LogP contribution is -2.45. The molecular weight excluding hydrogens is 542 g/mol. The van der Waals surface area contributed by atoms with Crippen LogP contribution < -0.4 is 5.32 Å². The maximum atomic E-state index is 12.2. The van der Waals surface area contributed by atoms with Crippen LogP contribution in [0.1, 0.15) is 206 Å². The molecule has 1 amide bonds. The summed E-state index contributed by atoms with van der Waals surface area (Å²) >= 11 is 0. The number of amides is 1. The molecule has 0 aliphatic rings. The summed E-state index contributed by atoms with van der Waals surface area (Å²) in [6.45, 7) is 4.26. The van der Waals surface area contributed by atoms with Crippen LogP contribution in [-0.2, 0) is 4.79 Å². The van der Waals surface area contributed by atoms with Gasteiger partial charge >= 0.3 is 0 Å². The Balaban J connectivity index is 3.55. The van der Waals surface area contributed by atoms with Crippen LogP contribution in [0.5, 0.6) is 0 Å². The Morgan fingerprint density at radius 1 is 0.523 bits per heavy atom. The minimum Gasteiger partial charge on any atom is -0.394 e. The highest BCUT2D eigenvalue weighted by atomic mass is 16.3. The van der Waals surface area contributed by atoms with Gasteiger partial charge in [-0.25, -0.2) is 0 Å². The van der Waals surface area contributed by atoms with Gasteiger partial charge in [0.05, 0.1) is 18.8 Å². The van der Waals surface area contributed by atoms with Gasteiger partial charge in [-0.05, 0) is 32.1 Å². The molecule has 0 aliphatic heterocycles. The van der Waals surface area contributed by atoms with Gasteiger partial charge in [-0.1, -0.05) is 192 Å².